The molecule has 0 rings (SSSR count). The fraction of sp³-hybridized carbons (Fsp3) is 0. The number of hydrogen-bond acceptors (Lipinski definition) is 4. The SMILES string of the molecule is [Na+].[OH-].[O]=[Mn](=[O])(=[O])[OH]. The molecule has 0 saturated carbocycles. The van der Waals surface area contributed by atoms with Crippen LogP contribution in [0.1, 0.15) is 0 Å². The van der Waals surface area contributed by atoms with Gasteiger partial charge in [0.1, 0.15) is 0 Å². The Morgan fingerprint density at radius 2 is 1.14 bits per heavy atom. The fourth-order valence-corrected chi connectivity index (χ4v) is 0. The van der Waals surface area contributed by atoms with Crippen molar-refractivity contribution in [3.8, 4) is 0 Å². The Hall–Kier alpha value is 0.839. The zero-order valence-electron chi connectivity index (χ0n) is 3.50. The van der Waals surface area contributed by atoms with Gasteiger partial charge < -0.3 is 5.48 Å². The van der Waals surface area contributed by atoms with E-state index in [0.717, 1.165) is 0 Å². The second kappa shape index (κ2) is 4.99. The molecule has 0 aliphatic rings. The van der Waals surface area contributed by atoms with E-state index in [-0.39, 0.29) is 35.0 Å². The molecule has 0 unspecified atom stereocenters. The zero-order valence-corrected chi connectivity index (χ0v) is 6.68. The predicted octanol–water partition coefficient (Wildman–Crippen LogP) is -4.09. The Kier molecular flexibility index (Phi) is 11.2. The third-order valence-electron chi connectivity index (χ3n) is 0. The van der Waals surface area contributed by atoms with Crippen molar-refractivity contribution < 1.29 is 63.7 Å². The van der Waals surface area contributed by atoms with E-state index >= 15 is 0 Å². The Labute approximate surface area is 63.5 Å². The molecule has 0 fully saturated rings. The Bertz CT molecular complexity index is 129. The molecule has 2 N–H and O–H groups in total. The first kappa shape index (κ1) is 15.7. The summed E-state index contributed by atoms with van der Waals surface area (Å²) in [5, 5.41) is 0. The summed E-state index contributed by atoms with van der Waals surface area (Å²) in [6, 6.07) is 0. The minimum atomic E-state index is -5.38. The van der Waals surface area contributed by atoms with Crippen LogP contribution in [0.15, 0.2) is 0 Å². The van der Waals surface area contributed by atoms with E-state index in [1.54, 1.807) is 0 Å². The van der Waals surface area contributed by atoms with E-state index < -0.39 is 13.0 Å². The summed E-state index contributed by atoms with van der Waals surface area (Å²) >= 11 is -5.38. The van der Waals surface area contributed by atoms with Crippen LogP contribution in [0, 0.1) is 0 Å². The molecule has 0 aromatic heterocycles. The molecule has 0 radical (unpaired) electrons. The summed E-state index contributed by atoms with van der Waals surface area (Å²) in [7, 11) is 0. The molecule has 0 aromatic carbocycles. The summed E-state index contributed by atoms with van der Waals surface area (Å²) in [5.41, 5.74) is 0. The van der Waals surface area contributed by atoms with Crippen LogP contribution in [-0.4, -0.2) is 9.67 Å². The average molecular weight is 160 g/mol. The van der Waals surface area contributed by atoms with Gasteiger partial charge in [-0.1, -0.05) is 0 Å². The standard InChI is InChI=1S/Mn.Na.2H2O.3O/h;;2*1H2;;;/q2*+1;;;;;/p-2. The molecule has 5 nitrogen and oxygen atoms in total. The van der Waals surface area contributed by atoms with E-state index in [9.17, 15) is 0 Å². The maximum absolute atomic E-state index is 8.69. The van der Waals surface area contributed by atoms with Crippen molar-refractivity contribution in [1.29, 1.82) is 0 Å². The molecule has 0 heterocycles. The second-order valence-electron chi connectivity index (χ2n) is 0.396. The van der Waals surface area contributed by atoms with E-state index in [4.69, 9.17) is 15.7 Å². The van der Waals surface area contributed by atoms with Crippen LogP contribution in [0.4, 0.5) is 0 Å². The maximum atomic E-state index is 8.69. The molecule has 0 aromatic rings. The number of rotatable bonds is 0. The van der Waals surface area contributed by atoms with Crippen LogP contribution in [-0.2, 0) is 24.5 Å². The molecule has 0 aliphatic carbocycles. The van der Waals surface area contributed by atoms with Gasteiger partial charge in [-0.2, -0.15) is 0 Å². The van der Waals surface area contributed by atoms with E-state index in [0.29, 0.717) is 0 Å². The van der Waals surface area contributed by atoms with Crippen LogP contribution in [0.2, 0.25) is 0 Å². The van der Waals surface area contributed by atoms with Gasteiger partial charge in [-0.05, 0) is 0 Å². The van der Waals surface area contributed by atoms with Gasteiger partial charge in [0.2, 0.25) is 0 Å². The molecule has 0 spiro atoms. The van der Waals surface area contributed by atoms with Crippen molar-refractivity contribution in [1.82, 2.24) is 0 Å². The van der Waals surface area contributed by atoms with Crippen molar-refractivity contribution in [3.05, 3.63) is 0 Å². The van der Waals surface area contributed by atoms with Crippen LogP contribution >= 0.6 is 0 Å². The van der Waals surface area contributed by atoms with Gasteiger partial charge in [0.15, 0.2) is 0 Å². The first-order chi connectivity index (χ1) is 2.00. The molecule has 0 saturated heterocycles. The van der Waals surface area contributed by atoms with Crippen molar-refractivity contribution >= 4 is 0 Å². The first-order valence-corrected chi connectivity index (χ1v) is 2.61. The van der Waals surface area contributed by atoms with Crippen LogP contribution in [0.3, 0.4) is 0 Å². The molecular formula is H2MnNaO5. The van der Waals surface area contributed by atoms with E-state index in [1.807, 2.05) is 0 Å². The summed E-state index contributed by atoms with van der Waals surface area (Å²) in [4.78, 5) is 0. The molecule has 0 bridgehead atoms. The number of hydrogen-bond donors (Lipinski definition) is 1. The van der Waals surface area contributed by atoms with Crippen LogP contribution < -0.4 is 29.6 Å². The summed E-state index contributed by atoms with van der Waals surface area (Å²) < 4.78 is 33.1. The molecule has 7 heteroatoms. The van der Waals surface area contributed by atoms with Crippen molar-refractivity contribution in [3.63, 3.8) is 0 Å². The molecule has 7 heavy (non-hydrogen) atoms. The molecule has 0 atom stereocenters. The Balaban J connectivity index is -0.0000000800. The van der Waals surface area contributed by atoms with Gasteiger partial charge in [0.25, 0.3) is 0 Å². The topological polar surface area (TPSA) is 101 Å². The molecular weight excluding hydrogens is 158 g/mol. The molecule has 40 valence electrons. The third kappa shape index (κ3) is 227. The van der Waals surface area contributed by atoms with Gasteiger partial charge >= 0.3 is 58.2 Å². The van der Waals surface area contributed by atoms with Gasteiger partial charge in [0.05, 0.1) is 0 Å². The molecule has 0 amide bonds. The first-order valence-electron chi connectivity index (χ1n) is 0.632. The fourth-order valence-electron chi connectivity index (χ4n) is 0. The van der Waals surface area contributed by atoms with Crippen LogP contribution in [0.5, 0.6) is 0 Å². The normalized spacial score (nSPS) is 8.14. The van der Waals surface area contributed by atoms with Crippen molar-refractivity contribution in [2.75, 3.05) is 0 Å². The summed E-state index contributed by atoms with van der Waals surface area (Å²) in [5.74, 6) is 0. The third-order valence-corrected chi connectivity index (χ3v) is 0. The Morgan fingerprint density at radius 3 is 1.14 bits per heavy atom. The molecule has 0 aliphatic heterocycles. The minimum absolute atomic E-state index is 0. The predicted molar refractivity (Wildman–Crippen MR) is 6.21 cm³/mol. The summed E-state index contributed by atoms with van der Waals surface area (Å²) in [6.45, 7) is 0. The Morgan fingerprint density at radius 1 is 1.14 bits per heavy atom. The van der Waals surface area contributed by atoms with E-state index in [1.165, 1.54) is 0 Å². The second-order valence-corrected chi connectivity index (χ2v) is 1.63. The average Bonchev–Trinajstić information content (AvgIpc) is 0.722. The quantitative estimate of drug-likeness (QED) is 0.363. The van der Waals surface area contributed by atoms with E-state index in [2.05, 4.69) is 0 Å². The van der Waals surface area contributed by atoms with Gasteiger partial charge in [-0.3, -0.25) is 0 Å². The monoisotopic (exact) mass is 160 g/mol. The van der Waals surface area contributed by atoms with Gasteiger partial charge in [-0.25, -0.2) is 0 Å². The van der Waals surface area contributed by atoms with Crippen LogP contribution in [0.25, 0.3) is 0 Å². The summed E-state index contributed by atoms with van der Waals surface area (Å²) in [6.07, 6.45) is 0. The van der Waals surface area contributed by atoms with Gasteiger partial charge in [-0.15, -0.1) is 0 Å². The zero-order chi connectivity index (χ0) is 4.50. The van der Waals surface area contributed by atoms with Crippen molar-refractivity contribution in [2.24, 2.45) is 0 Å². The van der Waals surface area contributed by atoms with Crippen molar-refractivity contribution in [2.45, 2.75) is 0 Å². The van der Waals surface area contributed by atoms with Gasteiger partial charge in [0, 0.05) is 0 Å².